The lowest BCUT2D eigenvalue weighted by Crippen LogP contribution is -2.27. The molecule has 1 atom stereocenters. The Labute approximate surface area is 132 Å². The van der Waals surface area contributed by atoms with Crippen LogP contribution in [0, 0.1) is 0 Å². The zero-order valence-electron chi connectivity index (χ0n) is 11.6. The van der Waals surface area contributed by atoms with Gasteiger partial charge in [-0.1, -0.05) is 25.4 Å². The number of thiazole rings is 1. The number of rotatable bonds is 5. The predicted octanol–water partition coefficient (Wildman–Crippen LogP) is 4.40. The second-order valence-corrected chi connectivity index (χ2v) is 7.58. The van der Waals surface area contributed by atoms with Gasteiger partial charge in [-0.15, -0.1) is 22.7 Å². The fraction of sp³-hybridized carbons (Fsp3) is 0.429. The van der Waals surface area contributed by atoms with Crippen molar-refractivity contribution in [2.45, 2.75) is 39.2 Å². The predicted molar refractivity (Wildman–Crippen MR) is 85.8 cm³/mol. The van der Waals surface area contributed by atoms with E-state index in [1.165, 1.54) is 11.3 Å². The highest BCUT2D eigenvalue weighted by molar-refractivity contribution is 7.16. The number of aromatic nitrogens is 1. The second kappa shape index (κ2) is 6.70. The standard InChI is InChI=1S/C14H17ClN2OS2/c1-8(2)14-17-10(7-19-14)6-13(18)16-9(3)11-4-5-12(15)20-11/h4-5,7-9H,6H2,1-3H3,(H,16,18). The first kappa shape index (κ1) is 15.5. The summed E-state index contributed by atoms with van der Waals surface area (Å²) >= 11 is 9.00. The zero-order chi connectivity index (χ0) is 14.7. The van der Waals surface area contributed by atoms with Crippen LogP contribution in [-0.2, 0) is 11.2 Å². The molecule has 0 aliphatic rings. The van der Waals surface area contributed by atoms with Crippen LogP contribution >= 0.6 is 34.3 Å². The van der Waals surface area contributed by atoms with Gasteiger partial charge < -0.3 is 5.32 Å². The van der Waals surface area contributed by atoms with Crippen molar-refractivity contribution in [1.82, 2.24) is 10.3 Å². The first-order valence-corrected chi connectivity index (χ1v) is 8.52. The number of carbonyl (C=O) groups is 1. The molecule has 2 aromatic rings. The van der Waals surface area contributed by atoms with Crippen LogP contribution in [0.5, 0.6) is 0 Å². The van der Waals surface area contributed by atoms with Gasteiger partial charge in [0.15, 0.2) is 0 Å². The van der Waals surface area contributed by atoms with E-state index in [-0.39, 0.29) is 11.9 Å². The molecule has 0 bridgehead atoms. The van der Waals surface area contributed by atoms with Crippen LogP contribution in [0.3, 0.4) is 0 Å². The van der Waals surface area contributed by atoms with E-state index in [2.05, 4.69) is 24.1 Å². The maximum absolute atomic E-state index is 12.0. The highest BCUT2D eigenvalue weighted by Crippen LogP contribution is 2.26. The Kier molecular flexibility index (Phi) is 5.18. The van der Waals surface area contributed by atoms with Crippen molar-refractivity contribution in [2.75, 3.05) is 0 Å². The van der Waals surface area contributed by atoms with Gasteiger partial charge >= 0.3 is 0 Å². The quantitative estimate of drug-likeness (QED) is 0.883. The lowest BCUT2D eigenvalue weighted by atomic mass is 10.2. The average Bonchev–Trinajstić information content (AvgIpc) is 2.98. The summed E-state index contributed by atoms with van der Waals surface area (Å²) < 4.78 is 0.738. The minimum Gasteiger partial charge on any atom is -0.348 e. The average molecular weight is 329 g/mol. The van der Waals surface area contributed by atoms with Crippen LogP contribution in [0.1, 0.15) is 48.3 Å². The summed E-state index contributed by atoms with van der Waals surface area (Å²) in [6, 6.07) is 3.76. The molecule has 2 rings (SSSR count). The van der Waals surface area contributed by atoms with E-state index in [9.17, 15) is 4.79 Å². The van der Waals surface area contributed by atoms with Crippen LogP contribution in [0.25, 0.3) is 0 Å². The van der Waals surface area contributed by atoms with Crippen molar-refractivity contribution in [3.63, 3.8) is 0 Å². The Bertz CT molecular complexity index is 592. The van der Waals surface area contributed by atoms with Gasteiger partial charge in [-0.2, -0.15) is 0 Å². The molecule has 2 aromatic heterocycles. The normalized spacial score (nSPS) is 12.7. The van der Waals surface area contributed by atoms with E-state index in [0.29, 0.717) is 12.3 Å². The highest BCUT2D eigenvalue weighted by atomic mass is 35.5. The monoisotopic (exact) mass is 328 g/mol. The third-order valence-corrected chi connectivity index (χ3v) is 5.41. The van der Waals surface area contributed by atoms with Crippen LogP contribution in [0.4, 0.5) is 0 Å². The maximum Gasteiger partial charge on any atom is 0.226 e. The fourth-order valence-corrected chi connectivity index (χ4v) is 3.66. The van der Waals surface area contributed by atoms with Crippen LogP contribution in [0.2, 0.25) is 4.34 Å². The summed E-state index contributed by atoms with van der Waals surface area (Å²) in [7, 11) is 0. The summed E-state index contributed by atoms with van der Waals surface area (Å²) in [6.45, 7) is 6.16. The molecule has 0 radical (unpaired) electrons. The number of thiophene rings is 1. The molecule has 2 heterocycles. The van der Waals surface area contributed by atoms with Gasteiger partial charge in [-0.25, -0.2) is 4.98 Å². The third kappa shape index (κ3) is 4.04. The third-order valence-electron chi connectivity index (χ3n) is 2.80. The number of nitrogens with zero attached hydrogens (tertiary/aromatic N) is 1. The molecule has 3 nitrogen and oxygen atoms in total. The summed E-state index contributed by atoms with van der Waals surface area (Å²) in [6.07, 6.45) is 0.326. The minimum atomic E-state index is -0.0248. The van der Waals surface area contributed by atoms with Crippen molar-refractivity contribution in [2.24, 2.45) is 0 Å². The smallest absolute Gasteiger partial charge is 0.226 e. The maximum atomic E-state index is 12.0. The van der Waals surface area contributed by atoms with Crippen LogP contribution in [0.15, 0.2) is 17.5 Å². The van der Waals surface area contributed by atoms with E-state index in [1.54, 1.807) is 11.3 Å². The lowest BCUT2D eigenvalue weighted by molar-refractivity contribution is -0.121. The van der Waals surface area contributed by atoms with Gasteiger partial charge in [-0.05, 0) is 19.1 Å². The molecule has 0 spiro atoms. The molecule has 20 heavy (non-hydrogen) atoms. The summed E-state index contributed by atoms with van der Waals surface area (Å²) in [5.74, 6) is 0.395. The molecule has 0 fully saturated rings. The molecule has 0 saturated heterocycles. The highest BCUT2D eigenvalue weighted by Gasteiger charge is 2.14. The molecule has 0 saturated carbocycles. The lowest BCUT2D eigenvalue weighted by Gasteiger charge is -2.11. The fourth-order valence-electron chi connectivity index (χ4n) is 1.76. The van der Waals surface area contributed by atoms with Gasteiger partial charge in [0.25, 0.3) is 0 Å². The largest absolute Gasteiger partial charge is 0.348 e. The Balaban J connectivity index is 1.91. The summed E-state index contributed by atoms with van der Waals surface area (Å²) in [4.78, 5) is 17.5. The van der Waals surface area contributed by atoms with E-state index >= 15 is 0 Å². The summed E-state index contributed by atoms with van der Waals surface area (Å²) in [5, 5.41) is 6.01. The molecule has 1 N–H and O–H groups in total. The van der Waals surface area contributed by atoms with Crippen molar-refractivity contribution in [3.8, 4) is 0 Å². The van der Waals surface area contributed by atoms with Gasteiger partial charge in [-0.3, -0.25) is 4.79 Å². The van der Waals surface area contributed by atoms with Gasteiger partial charge in [0.2, 0.25) is 5.91 Å². The first-order chi connectivity index (χ1) is 9.45. The number of amides is 1. The number of halogens is 1. The molecular weight excluding hydrogens is 312 g/mol. The molecule has 6 heteroatoms. The zero-order valence-corrected chi connectivity index (χ0v) is 14.0. The number of carbonyl (C=O) groups excluding carboxylic acids is 1. The van der Waals surface area contributed by atoms with Gasteiger partial charge in [0.1, 0.15) is 0 Å². The van der Waals surface area contributed by atoms with Crippen LogP contribution < -0.4 is 5.32 Å². The summed E-state index contributed by atoms with van der Waals surface area (Å²) in [5.41, 5.74) is 0.840. The number of hydrogen-bond donors (Lipinski definition) is 1. The van der Waals surface area contributed by atoms with Crippen molar-refractivity contribution < 1.29 is 4.79 Å². The van der Waals surface area contributed by atoms with E-state index in [4.69, 9.17) is 11.6 Å². The van der Waals surface area contributed by atoms with E-state index in [0.717, 1.165) is 19.9 Å². The van der Waals surface area contributed by atoms with Gasteiger partial charge in [0.05, 0.1) is 27.5 Å². The molecule has 0 aliphatic heterocycles. The van der Waals surface area contributed by atoms with E-state index < -0.39 is 0 Å². The molecular formula is C14H17ClN2OS2. The van der Waals surface area contributed by atoms with Crippen LogP contribution in [-0.4, -0.2) is 10.9 Å². The molecule has 0 aliphatic carbocycles. The van der Waals surface area contributed by atoms with Gasteiger partial charge in [0, 0.05) is 16.2 Å². The Morgan fingerprint density at radius 2 is 2.15 bits per heavy atom. The minimum absolute atomic E-state index is 0.0115. The second-order valence-electron chi connectivity index (χ2n) is 4.94. The number of hydrogen-bond acceptors (Lipinski definition) is 4. The van der Waals surface area contributed by atoms with Crippen molar-refractivity contribution >= 4 is 40.2 Å². The Morgan fingerprint density at radius 1 is 1.40 bits per heavy atom. The molecule has 1 unspecified atom stereocenters. The Morgan fingerprint density at radius 3 is 2.70 bits per heavy atom. The SMILES string of the molecule is CC(C)c1nc(CC(=O)NC(C)c2ccc(Cl)s2)cs1. The van der Waals surface area contributed by atoms with E-state index in [1.807, 2.05) is 24.4 Å². The molecule has 0 aromatic carbocycles. The van der Waals surface area contributed by atoms with Crippen molar-refractivity contribution in [1.29, 1.82) is 0 Å². The molecule has 108 valence electrons. The first-order valence-electron chi connectivity index (χ1n) is 6.44. The topological polar surface area (TPSA) is 42.0 Å². The van der Waals surface area contributed by atoms with Crippen molar-refractivity contribution in [3.05, 3.63) is 37.4 Å². The number of nitrogens with one attached hydrogen (secondary N) is 1. The Hall–Kier alpha value is -0.910. The molecule has 1 amide bonds.